The second-order valence-corrected chi connectivity index (χ2v) is 4.22. The highest BCUT2D eigenvalue weighted by atomic mass is 16.5. The van der Waals surface area contributed by atoms with Gasteiger partial charge in [0.25, 0.3) is 0 Å². The second-order valence-electron chi connectivity index (χ2n) is 4.22. The molecule has 0 aliphatic heterocycles. The van der Waals surface area contributed by atoms with Crippen LogP contribution in [0.2, 0.25) is 0 Å². The van der Waals surface area contributed by atoms with E-state index in [0.29, 0.717) is 17.9 Å². The van der Waals surface area contributed by atoms with Crippen molar-refractivity contribution in [2.24, 2.45) is 0 Å². The van der Waals surface area contributed by atoms with Crippen LogP contribution >= 0.6 is 0 Å². The Hall–Kier alpha value is -2.04. The number of carboxylic acid groups (broad SMARTS) is 1. The lowest BCUT2D eigenvalue weighted by Crippen LogP contribution is -2.12. The Kier molecular flexibility index (Phi) is 6.43. The number of ether oxygens (including phenoxy) is 1. The van der Waals surface area contributed by atoms with Gasteiger partial charge in [-0.25, -0.2) is 4.79 Å². The largest absolute Gasteiger partial charge is 0.482 e. The second kappa shape index (κ2) is 8.13. The lowest BCUT2D eigenvalue weighted by molar-refractivity contribution is -0.139. The number of aliphatic carboxylic acids is 1. The minimum atomic E-state index is -1.03. The van der Waals surface area contributed by atoms with Gasteiger partial charge in [0.1, 0.15) is 5.75 Å². The molecule has 1 aromatic rings. The average molecular weight is 265 g/mol. The standard InChI is InChI=1S/C14H19NO4/c1-2-3-4-8-13(16)15-11-6-5-7-12(9-11)19-10-14(17)18/h5-7,9H,2-4,8,10H2,1H3,(H,15,16)(H,17,18). The zero-order chi connectivity index (χ0) is 14.1. The number of carbonyl (C=O) groups is 2. The number of carboxylic acids is 1. The molecular formula is C14H19NO4. The summed E-state index contributed by atoms with van der Waals surface area (Å²) in [4.78, 5) is 22.0. The van der Waals surface area contributed by atoms with Crippen LogP contribution in [-0.4, -0.2) is 23.6 Å². The molecule has 0 aromatic heterocycles. The van der Waals surface area contributed by atoms with Crippen molar-refractivity contribution >= 4 is 17.6 Å². The van der Waals surface area contributed by atoms with E-state index in [1.165, 1.54) is 0 Å². The van der Waals surface area contributed by atoms with Gasteiger partial charge in [-0.2, -0.15) is 0 Å². The number of carbonyl (C=O) groups excluding carboxylic acids is 1. The quantitative estimate of drug-likeness (QED) is 0.708. The lowest BCUT2D eigenvalue weighted by atomic mass is 10.2. The Morgan fingerprint density at radius 1 is 1.32 bits per heavy atom. The van der Waals surface area contributed by atoms with Crippen molar-refractivity contribution in [3.05, 3.63) is 24.3 Å². The molecule has 2 N–H and O–H groups in total. The Morgan fingerprint density at radius 2 is 2.11 bits per heavy atom. The van der Waals surface area contributed by atoms with E-state index in [1.54, 1.807) is 24.3 Å². The minimum absolute atomic E-state index is 0.0381. The predicted molar refractivity (Wildman–Crippen MR) is 72.3 cm³/mol. The number of amides is 1. The maximum absolute atomic E-state index is 11.6. The van der Waals surface area contributed by atoms with Crippen molar-refractivity contribution in [3.63, 3.8) is 0 Å². The number of hydrogen-bond acceptors (Lipinski definition) is 3. The first kappa shape index (κ1) is 15.0. The number of hydrogen-bond donors (Lipinski definition) is 2. The molecule has 1 amide bonds. The van der Waals surface area contributed by atoms with Gasteiger partial charge in [-0.05, 0) is 18.6 Å². The van der Waals surface area contributed by atoms with E-state index >= 15 is 0 Å². The molecule has 1 rings (SSSR count). The molecule has 0 saturated carbocycles. The van der Waals surface area contributed by atoms with Gasteiger partial charge in [0.15, 0.2) is 6.61 Å². The van der Waals surface area contributed by atoms with E-state index in [9.17, 15) is 9.59 Å². The molecule has 0 aliphatic carbocycles. The maximum Gasteiger partial charge on any atom is 0.341 e. The van der Waals surface area contributed by atoms with E-state index in [2.05, 4.69) is 12.2 Å². The van der Waals surface area contributed by atoms with Crippen LogP contribution < -0.4 is 10.1 Å². The van der Waals surface area contributed by atoms with Crippen LogP contribution in [0.3, 0.4) is 0 Å². The summed E-state index contributed by atoms with van der Waals surface area (Å²) in [6.45, 7) is 1.69. The van der Waals surface area contributed by atoms with Gasteiger partial charge in [0.05, 0.1) is 0 Å². The molecule has 5 heteroatoms. The Labute approximate surface area is 112 Å². The first-order chi connectivity index (χ1) is 9.11. The van der Waals surface area contributed by atoms with Crippen LogP contribution in [0, 0.1) is 0 Å². The van der Waals surface area contributed by atoms with E-state index in [1.807, 2.05) is 0 Å². The van der Waals surface area contributed by atoms with Crippen molar-refractivity contribution in [2.75, 3.05) is 11.9 Å². The van der Waals surface area contributed by atoms with Crippen LogP contribution in [0.15, 0.2) is 24.3 Å². The molecular weight excluding hydrogens is 246 g/mol. The summed E-state index contributed by atoms with van der Waals surface area (Å²) < 4.78 is 5.04. The number of nitrogens with one attached hydrogen (secondary N) is 1. The molecule has 0 heterocycles. The first-order valence-electron chi connectivity index (χ1n) is 6.36. The van der Waals surface area contributed by atoms with E-state index in [4.69, 9.17) is 9.84 Å². The molecule has 1 aromatic carbocycles. The zero-order valence-electron chi connectivity index (χ0n) is 11.0. The van der Waals surface area contributed by atoms with E-state index < -0.39 is 12.6 Å². The molecule has 0 atom stereocenters. The number of unbranched alkanes of at least 4 members (excludes halogenated alkanes) is 2. The van der Waals surface area contributed by atoms with Crippen LogP contribution in [-0.2, 0) is 9.59 Å². The molecule has 0 bridgehead atoms. The summed E-state index contributed by atoms with van der Waals surface area (Å²) in [5, 5.41) is 11.3. The van der Waals surface area contributed by atoms with Crippen LogP contribution in [0.5, 0.6) is 5.75 Å². The smallest absolute Gasteiger partial charge is 0.341 e. The highest BCUT2D eigenvalue weighted by Gasteiger charge is 2.04. The summed E-state index contributed by atoms with van der Waals surface area (Å²) >= 11 is 0. The van der Waals surface area contributed by atoms with Gasteiger partial charge in [0.2, 0.25) is 5.91 Å². The summed E-state index contributed by atoms with van der Waals surface area (Å²) in [7, 11) is 0. The average Bonchev–Trinajstić information content (AvgIpc) is 2.37. The SMILES string of the molecule is CCCCCC(=O)Nc1cccc(OCC(=O)O)c1. The molecule has 0 unspecified atom stereocenters. The third kappa shape index (κ3) is 6.45. The predicted octanol–water partition coefficient (Wildman–Crippen LogP) is 2.67. The Balaban J connectivity index is 2.47. The summed E-state index contributed by atoms with van der Waals surface area (Å²) in [6.07, 6.45) is 3.48. The fourth-order valence-corrected chi connectivity index (χ4v) is 1.57. The number of anilines is 1. The van der Waals surface area contributed by atoms with Gasteiger partial charge in [-0.3, -0.25) is 4.79 Å². The number of rotatable bonds is 8. The zero-order valence-corrected chi connectivity index (χ0v) is 11.0. The lowest BCUT2D eigenvalue weighted by Gasteiger charge is -2.07. The molecule has 0 spiro atoms. The highest BCUT2D eigenvalue weighted by Crippen LogP contribution is 2.17. The monoisotopic (exact) mass is 265 g/mol. The molecule has 104 valence electrons. The normalized spacial score (nSPS) is 9.95. The highest BCUT2D eigenvalue weighted by molar-refractivity contribution is 5.90. The molecule has 0 saturated heterocycles. The number of benzene rings is 1. The molecule has 0 radical (unpaired) electrons. The molecule has 19 heavy (non-hydrogen) atoms. The molecule has 5 nitrogen and oxygen atoms in total. The van der Waals surface area contributed by atoms with Crippen molar-refractivity contribution in [2.45, 2.75) is 32.6 Å². The van der Waals surface area contributed by atoms with Gasteiger partial charge in [0, 0.05) is 18.2 Å². The van der Waals surface area contributed by atoms with Crippen molar-refractivity contribution in [3.8, 4) is 5.75 Å². The van der Waals surface area contributed by atoms with Crippen molar-refractivity contribution < 1.29 is 19.4 Å². The van der Waals surface area contributed by atoms with Crippen LogP contribution in [0.1, 0.15) is 32.6 Å². The fourth-order valence-electron chi connectivity index (χ4n) is 1.57. The molecule has 0 fully saturated rings. The third-order valence-electron chi connectivity index (χ3n) is 2.49. The van der Waals surface area contributed by atoms with Crippen LogP contribution in [0.25, 0.3) is 0 Å². The van der Waals surface area contributed by atoms with Gasteiger partial charge < -0.3 is 15.2 Å². The van der Waals surface area contributed by atoms with E-state index in [-0.39, 0.29) is 5.91 Å². The van der Waals surface area contributed by atoms with Gasteiger partial charge in [-0.15, -0.1) is 0 Å². The summed E-state index contributed by atoms with van der Waals surface area (Å²) in [6, 6.07) is 6.71. The first-order valence-corrected chi connectivity index (χ1v) is 6.36. The van der Waals surface area contributed by atoms with E-state index in [0.717, 1.165) is 19.3 Å². The Morgan fingerprint density at radius 3 is 2.79 bits per heavy atom. The van der Waals surface area contributed by atoms with Crippen molar-refractivity contribution in [1.82, 2.24) is 0 Å². The Bertz CT molecular complexity index is 431. The maximum atomic E-state index is 11.6. The topological polar surface area (TPSA) is 75.6 Å². The summed E-state index contributed by atoms with van der Waals surface area (Å²) in [5.74, 6) is -0.647. The van der Waals surface area contributed by atoms with Gasteiger partial charge >= 0.3 is 5.97 Å². The van der Waals surface area contributed by atoms with Crippen LogP contribution in [0.4, 0.5) is 5.69 Å². The minimum Gasteiger partial charge on any atom is -0.482 e. The third-order valence-corrected chi connectivity index (χ3v) is 2.49. The summed E-state index contributed by atoms with van der Waals surface area (Å²) in [5.41, 5.74) is 0.615. The fraction of sp³-hybridized carbons (Fsp3) is 0.429. The molecule has 0 aliphatic rings. The van der Waals surface area contributed by atoms with Crippen molar-refractivity contribution in [1.29, 1.82) is 0 Å². The van der Waals surface area contributed by atoms with Gasteiger partial charge in [-0.1, -0.05) is 25.8 Å².